The Kier molecular flexibility index (Phi) is 8.89. The van der Waals surface area contributed by atoms with Crippen LogP contribution in [0.25, 0.3) is 0 Å². The number of benzene rings is 1. The third kappa shape index (κ3) is 7.22. The van der Waals surface area contributed by atoms with Crippen LogP contribution in [0.4, 0.5) is 50.0 Å². The molecule has 1 aromatic heterocycles. The van der Waals surface area contributed by atoms with E-state index < -0.39 is 83.3 Å². The summed E-state index contributed by atoms with van der Waals surface area (Å²) < 4.78 is 127. The molecule has 0 aliphatic carbocycles. The number of amides is 2. The van der Waals surface area contributed by atoms with Gasteiger partial charge in [0.05, 0.1) is 34.7 Å². The maximum atomic E-state index is 13.6. The molecule has 15 heteroatoms. The van der Waals surface area contributed by atoms with E-state index >= 15 is 0 Å². The average molecular weight is 599 g/mol. The first-order chi connectivity index (χ1) is 18.7. The fourth-order valence-corrected chi connectivity index (χ4v) is 4.62. The van der Waals surface area contributed by atoms with Crippen molar-refractivity contribution < 1.29 is 53.8 Å². The molecule has 1 aliphatic heterocycles. The van der Waals surface area contributed by atoms with Gasteiger partial charge in [0.15, 0.2) is 0 Å². The fraction of sp³-hybridized carbons (Fsp3) is 0.500. The van der Waals surface area contributed by atoms with E-state index in [2.05, 4.69) is 4.98 Å². The molecule has 226 valence electrons. The van der Waals surface area contributed by atoms with Gasteiger partial charge in [-0.2, -0.15) is 39.5 Å². The Hall–Kier alpha value is -3.52. The maximum absolute atomic E-state index is 13.6. The normalized spacial score (nSPS) is 17.9. The highest BCUT2D eigenvalue weighted by Crippen LogP contribution is 2.44. The molecule has 2 amide bonds. The van der Waals surface area contributed by atoms with Crippen LogP contribution < -0.4 is 4.90 Å². The summed E-state index contributed by atoms with van der Waals surface area (Å²) in [5.74, 6) is -0.848. The standard InChI is InChI=1S/C26H26F9N3O3/c1-5-18-11-20(22-19(38(18)23(40)41-13(2)3)6-7-21(36-22)26(33,34)35)37(14(4)39)12-15-8-16(24(27,28)29)10-17(9-15)25(30,31)32/h6-10,13,18,20H,5,11-12H2,1-4H3/t18-,20+/m1/s1. The maximum Gasteiger partial charge on any atom is 0.433 e. The number of pyridine rings is 1. The Balaban J connectivity index is 2.20. The molecule has 0 saturated heterocycles. The van der Waals surface area contributed by atoms with Gasteiger partial charge in [-0.1, -0.05) is 6.92 Å². The van der Waals surface area contributed by atoms with Gasteiger partial charge in [-0.3, -0.25) is 9.69 Å². The zero-order valence-electron chi connectivity index (χ0n) is 22.2. The van der Waals surface area contributed by atoms with Gasteiger partial charge in [-0.15, -0.1) is 0 Å². The van der Waals surface area contributed by atoms with E-state index in [0.717, 1.165) is 22.8 Å². The van der Waals surface area contributed by atoms with E-state index in [1.807, 2.05) is 0 Å². The van der Waals surface area contributed by atoms with Gasteiger partial charge in [0, 0.05) is 19.5 Å². The van der Waals surface area contributed by atoms with Crippen LogP contribution in [-0.4, -0.2) is 34.0 Å². The molecule has 0 spiro atoms. The van der Waals surface area contributed by atoms with Crippen LogP contribution in [0.3, 0.4) is 0 Å². The van der Waals surface area contributed by atoms with Crippen LogP contribution in [0.5, 0.6) is 0 Å². The molecule has 0 fully saturated rings. The van der Waals surface area contributed by atoms with Gasteiger partial charge in [0.25, 0.3) is 0 Å². The van der Waals surface area contributed by atoms with Crippen molar-refractivity contribution in [1.29, 1.82) is 0 Å². The van der Waals surface area contributed by atoms with E-state index in [-0.39, 0.29) is 24.6 Å². The van der Waals surface area contributed by atoms with Crippen molar-refractivity contribution in [3.63, 3.8) is 0 Å². The lowest BCUT2D eigenvalue weighted by Crippen LogP contribution is -2.49. The summed E-state index contributed by atoms with van der Waals surface area (Å²) in [6.45, 7) is 4.93. The van der Waals surface area contributed by atoms with E-state index in [4.69, 9.17) is 4.74 Å². The number of carbonyl (C=O) groups excluding carboxylic acids is 2. The number of hydrogen-bond acceptors (Lipinski definition) is 4. The minimum absolute atomic E-state index is 0.0694. The summed E-state index contributed by atoms with van der Waals surface area (Å²) in [6.07, 6.45) is -16.7. The number of anilines is 1. The van der Waals surface area contributed by atoms with E-state index in [1.54, 1.807) is 20.8 Å². The Labute approximate surface area is 229 Å². The SMILES string of the molecule is CC[C@@H]1C[C@H](N(Cc2cc(C(F)(F)F)cc(C(F)(F)F)c2)C(C)=O)c2nc(C(F)(F)F)ccc2N1C(=O)OC(C)C. The summed E-state index contributed by atoms with van der Waals surface area (Å²) in [6, 6.07) is 0.333. The topological polar surface area (TPSA) is 62.7 Å². The van der Waals surface area contributed by atoms with Crippen LogP contribution in [-0.2, 0) is 34.6 Å². The number of carbonyl (C=O) groups is 2. The van der Waals surface area contributed by atoms with Gasteiger partial charge in [-0.25, -0.2) is 9.78 Å². The number of ether oxygens (including phenoxy) is 1. The smallest absolute Gasteiger partial charge is 0.433 e. The van der Waals surface area contributed by atoms with Gasteiger partial charge in [0.2, 0.25) is 5.91 Å². The highest BCUT2D eigenvalue weighted by atomic mass is 19.4. The van der Waals surface area contributed by atoms with Crippen molar-refractivity contribution in [2.24, 2.45) is 0 Å². The molecular weight excluding hydrogens is 573 g/mol. The van der Waals surface area contributed by atoms with Crippen molar-refractivity contribution in [3.8, 4) is 0 Å². The predicted octanol–water partition coefficient (Wildman–Crippen LogP) is 7.76. The number of nitrogens with zero attached hydrogens (tertiary/aromatic N) is 3. The molecule has 1 aliphatic rings. The summed E-state index contributed by atoms with van der Waals surface area (Å²) >= 11 is 0. The molecular formula is C26H26F9N3O3. The third-order valence-corrected chi connectivity index (χ3v) is 6.41. The molecule has 2 atom stereocenters. The van der Waals surface area contributed by atoms with E-state index in [0.29, 0.717) is 18.2 Å². The molecule has 3 rings (SSSR count). The van der Waals surface area contributed by atoms with Gasteiger partial charge < -0.3 is 9.64 Å². The van der Waals surface area contributed by atoms with Crippen molar-refractivity contribution >= 4 is 17.7 Å². The highest BCUT2D eigenvalue weighted by molar-refractivity contribution is 5.90. The zero-order chi connectivity index (χ0) is 31.1. The Bertz CT molecular complexity index is 1260. The molecule has 41 heavy (non-hydrogen) atoms. The molecule has 0 saturated carbocycles. The zero-order valence-corrected chi connectivity index (χ0v) is 22.2. The Morgan fingerprint density at radius 3 is 1.98 bits per heavy atom. The molecule has 0 bridgehead atoms. The molecule has 0 unspecified atom stereocenters. The summed E-state index contributed by atoms with van der Waals surface area (Å²) in [7, 11) is 0. The lowest BCUT2D eigenvalue weighted by atomic mass is 9.91. The van der Waals surface area contributed by atoms with Crippen molar-refractivity contribution in [2.45, 2.75) is 83.8 Å². The lowest BCUT2D eigenvalue weighted by Gasteiger charge is -2.43. The first-order valence-electron chi connectivity index (χ1n) is 12.4. The highest BCUT2D eigenvalue weighted by Gasteiger charge is 2.43. The van der Waals surface area contributed by atoms with Gasteiger partial charge >= 0.3 is 24.6 Å². The summed E-state index contributed by atoms with van der Waals surface area (Å²) in [4.78, 5) is 31.4. The van der Waals surface area contributed by atoms with Crippen molar-refractivity contribution in [3.05, 3.63) is 58.4 Å². The number of alkyl halides is 9. The lowest BCUT2D eigenvalue weighted by molar-refractivity contribution is -0.143. The van der Waals surface area contributed by atoms with Gasteiger partial charge in [0.1, 0.15) is 5.69 Å². The fourth-order valence-electron chi connectivity index (χ4n) is 4.62. The number of rotatable bonds is 5. The number of halogens is 9. The first-order valence-corrected chi connectivity index (χ1v) is 12.4. The minimum Gasteiger partial charge on any atom is -0.446 e. The molecule has 2 heterocycles. The van der Waals surface area contributed by atoms with E-state index in [1.165, 1.54) is 0 Å². The molecule has 0 N–H and O–H groups in total. The predicted molar refractivity (Wildman–Crippen MR) is 127 cm³/mol. The van der Waals surface area contributed by atoms with Crippen molar-refractivity contribution in [2.75, 3.05) is 4.90 Å². The second-order valence-electron chi connectivity index (χ2n) is 9.78. The van der Waals surface area contributed by atoms with Crippen LogP contribution >= 0.6 is 0 Å². The van der Waals surface area contributed by atoms with Crippen LogP contribution in [0, 0.1) is 0 Å². The summed E-state index contributed by atoms with van der Waals surface area (Å²) in [5.41, 5.74) is -5.66. The molecule has 0 radical (unpaired) electrons. The second kappa shape index (κ2) is 11.4. The minimum atomic E-state index is -5.15. The molecule has 2 aromatic rings. The van der Waals surface area contributed by atoms with Gasteiger partial charge in [-0.05, 0) is 62.6 Å². The van der Waals surface area contributed by atoms with E-state index in [9.17, 15) is 49.1 Å². The van der Waals surface area contributed by atoms with Crippen LogP contribution in [0.15, 0.2) is 30.3 Å². The monoisotopic (exact) mass is 599 g/mol. The third-order valence-electron chi connectivity index (χ3n) is 6.41. The van der Waals surface area contributed by atoms with Crippen LogP contribution in [0.1, 0.15) is 74.7 Å². The number of aromatic nitrogens is 1. The Morgan fingerprint density at radius 1 is 0.976 bits per heavy atom. The number of hydrogen-bond donors (Lipinski definition) is 0. The first kappa shape index (κ1) is 32.0. The van der Waals surface area contributed by atoms with Crippen molar-refractivity contribution in [1.82, 2.24) is 9.88 Å². The number of fused-ring (bicyclic) bond motifs is 1. The molecule has 6 nitrogen and oxygen atoms in total. The Morgan fingerprint density at radius 2 is 1.54 bits per heavy atom. The quantitative estimate of drug-likeness (QED) is 0.330. The average Bonchev–Trinajstić information content (AvgIpc) is 2.83. The second-order valence-corrected chi connectivity index (χ2v) is 9.78. The molecule has 1 aromatic carbocycles. The van der Waals surface area contributed by atoms with Crippen LogP contribution in [0.2, 0.25) is 0 Å². The largest absolute Gasteiger partial charge is 0.446 e. The summed E-state index contributed by atoms with van der Waals surface area (Å²) in [5, 5.41) is 0.